The highest BCUT2D eigenvalue weighted by Gasteiger charge is 2.53. The predicted molar refractivity (Wildman–Crippen MR) is 98.9 cm³/mol. The lowest BCUT2D eigenvalue weighted by atomic mass is 9.76. The molecule has 3 rings (SSSR count). The molecule has 6 N–H and O–H groups in total. The minimum atomic E-state index is -3.81. The van der Waals surface area contributed by atoms with Gasteiger partial charge in [0.15, 0.2) is 0 Å². The zero-order chi connectivity index (χ0) is 19.5. The van der Waals surface area contributed by atoms with Crippen LogP contribution in [0.25, 0.3) is 0 Å². The summed E-state index contributed by atoms with van der Waals surface area (Å²) in [4.78, 5) is 0. The van der Waals surface area contributed by atoms with E-state index >= 15 is 0 Å². The van der Waals surface area contributed by atoms with E-state index in [0.717, 1.165) is 0 Å². The van der Waals surface area contributed by atoms with Crippen LogP contribution in [0.5, 0.6) is 0 Å². The largest absolute Gasteiger partial charge is 0.349 e. The maximum atomic E-state index is 10.3. The van der Waals surface area contributed by atoms with Gasteiger partial charge in [-0.15, -0.1) is 0 Å². The highest BCUT2D eigenvalue weighted by molar-refractivity contribution is 5.49. The van der Waals surface area contributed by atoms with Crippen LogP contribution in [0.2, 0.25) is 0 Å². The van der Waals surface area contributed by atoms with E-state index in [4.69, 9.17) is 0 Å². The molecular weight excluding hydrogens is 346 g/mol. The van der Waals surface area contributed by atoms with E-state index in [2.05, 4.69) is 5.32 Å². The van der Waals surface area contributed by atoms with Gasteiger partial charge in [0, 0.05) is 0 Å². The predicted octanol–water partition coefficient (Wildman–Crippen LogP) is 0.837. The summed E-state index contributed by atoms with van der Waals surface area (Å²) in [5.41, 5.74) is 0.379. The molecule has 0 fully saturated rings. The van der Waals surface area contributed by atoms with Gasteiger partial charge in [0.1, 0.15) is 0 Å². The van der Waals surface area contributed by atoms with Crippen molar-refractivity contribution in [1.82, 2.24) is 5.32 Å². The third-order valence-electron chi connectivity index (χ3n) is 4.45. The first kappa shape index (κ1) is 19.2. The molecule has 0 atom stereocenters. The molecule has 0 aliphatic heterocycles. The second-order valence-electron chi connectivity index (χ2n) is 6.28. The van der Waals surface area contributed by atoms with E-state index in [9.17, 15) is 25.5 Å². The Labute approximate surface area is 156 Å². The summed E-state index contributed by atoms with van der Waals surface area (Å²) in [6, 6.07) is 26.6. The Kier molecular flexibility index (Phi) is 5.12. The first-order chi connectivity index (χ1) is 12.8. The van der Waals surface area contributed by atoms with Crippen LogP contribution >= 0.6 is 0 Å². The lowest BCUT2D eigenvalue weighted by Gasteiger charge is -2.43. The quantitative estimate of drug-likeness (QED) is 0.284. The molecule has 0 amide bonds. The van der Waals surface area contributed by atoms with E-state index in [0.29, 0.717) is 16.7 Å². The summed E-state index contributed by atoms with van der Waals surface area (Å²) < 4.78 is 0. The van der Waals surface area contributed by atoms with Gasteiger partial charge in [-0.2, -0.15) is 0 Å². The minimum absolute atomic E-state index is 0.596. The molecule has 0 aromatic heterocycles. The molecule has 0 saturated heterocycles. The maximum absolute atomic E-state index is 10.3. The third kappa shape index (κ3) is 3.63. The smallest absolute Gasteiger partial charge is 0.347 e. The monoisotopic (exact) mass is 367 g/mol. The van der Waals surface area contributed by atoms with Crippen LogP contribution in [0, 0.1) is 0 Å². The van der Waals surface area contributed by atoms with Crippen molar-refractivity contribution < 1.29 is 25.5 Å². The van der Waals surface area contributed by atoms with Gasteiger partial charge in [-0.05, 0) is 16.7 Å². The molecule has 0 heterocycles. The van der Waals surface area contributed by atoms with Crippen LogP contribution in [0.15, 0.2) is 91.0 Å². The SMILES string of the molecule is OC(O)(O)C(O)(O)NC(c1ccccc1)(c1ccccc1)c1ccccc1. The second kappa shape index (κ2) is 7.21. The van der Waals surface area contributed by atoms with Crippen molar-refractivity contribution >= 4 is 0 Å². The number of benzene rings is 3. The van der Waals surface area contributed by atoms with E-state index in [1.807, 2.05) is 18.2 Å². The Morgan fingerprint density at radius 3 is 1.04 bits per heavy atom. The summed E-state index contributed by atoms with van der Waals surface area (Å²) in [5, 5.41) is 51.5. The molecule has 27 heavy (non-hydrogen) atoms. The summed E-state index contributed by atoms with van der Waals surface area (Å²) in [6.45, 7) is 0. The van der Waals surface area contributed by atoms with Crippen molar-refractivity contribution in [2.75, 3.05) is 0 Å². The number of rotatable bonds is 6. The van der Waals surface area contributed by atoms with Gasteiger partial charge >= 0.3 is 11.9 Å². The molecule has 0 radical (unpaired) electrons. The van der Waals surface area contributed by atoms with Crippen LogP contribution in [-0.4, -0.2) is 37.4 Å². The van der Waals surface area contributed by atoms with E-state index in [-0.39, 0.29) is 0 Å². The molecule has 3 aromatic rings. The molecule has 0 aliphatic rings. The molecular formula is C21H21NO5. The lowest BCUT2D eigenvalue weighted by Crippen LogP contribution is -2.68. The van der Waals surface area contributed by atoms with Crippen LogP contribution < -0.4 is 5.32 Å². The van der Waals surface area contributed by atoms with Crippen molar-refractivity contribution in [3.05, 3.63) is 108 Å². The summed E-state index contributed by atoms with van der Waals surface area (Å²) in [6.07, 6.45) is 0. The summed E-state index contributed by atoms with van der Waals surface area (Å²) >= 11 is 0. The standard InChI is InChI=1S/C21H21NO5/c23-20(24,21(25,26)27)22-19(16-10-4-1-5-11-16,17-12-6-2-7-13-17)18-14-8-3-9-15-18/h1-15,22-27H. The fourth-order valence-corrected chi connectivity index (χ4v) is 3.13. The molecule has 0 aliphatic carbocycles. The average molecular weight is 367 g/mol. The van der Waals surface area contributed by atoms with E-state index in [1.165, 1.54) is 0 Å². The molecule has 0 unspecified atom stereocenters. The van der Waals surface area contributed by atoms with Gasteiger partial charge < -0.3 is 25.5 Å². The summed E-state index contributed by atoms with van der Waals surface area (Å²) in [7, 11) is 0. The van der Waals surface area contributed by atoms with Gasteiger partial charge in [0.05, 0.1) is 5.54 Å². The van der Waals surface area contributed by atoms with Crippen LogP contribution in [0.4, 0.5) is 0 Å². The Balaban J connectivity index is 2.33. The van der Waals surface area contributed by atoms with Crippen LogP contribution in [0.1, 0.15) is 16.7 Å². The second-order valence-corrected chi connectivity index (χ2v) is 6.28. The molecule has 140 valence electrons. The zero-order valence-corrected chi connectivity index (χ0v) is 14.4. The Bertz CT molecular complexity index is 765. The molecule has 0 bridgehead atoms. The molecule has 0 saturated carbocycles. The van der Waals surface area contributed by atoms with Gasteiger partial charge in [-0.1, -0.05) is 91.0 Å². The maximum Gasteiger partial charge on any atom is 0.349 e. The fraction of sp³-hybridized carbons (Fsp3) is 0.143. The zero-order valence-electron chi connectivity index (χ0n) is 14.4. The molecule has 3 aromatic carbocycles. The minimum Gasteiger partial charge on any atom is -0.347 e. The lowest BCUT2D eigenvalue weighted by molar-refractivity contribution is -0.458. The molecule has 0 spiro atoms. The van der Waals surface area contributed by atoms with Crippen LogP contribution in [0.3, 0.4) is 0 Å². The van der Waals surface area contributed by atoms with Crippen molar-refractivity contribution in [2.45, 2.75) is 17.4 Å². The third-order valence-corrected chi connectivity index (χ3v) is 4.45. The number of nitrogens with one attached hydrogen (secondary N) is 1. The van der Waals surface area contributed by atoms with Crippen molar-refractivity contribution in [1.29, 1.82) is 0 Å². The van der Waals surface area contributed by atoms with Crippen molar-refractivity contribution in [3.8, 4) is 0 Å². The Hall–Kier alpha value is -2.58. The number of aliphatic hydroxyl groups is 5. The van der Waals surface area contributed by atoms with Gasteiger partial charge in [0.25, 0.3) is 0 Å². The van der Waals surface area contributed by atoms with Gasteiger partial charge in [-0.3, -0.25) is 0 Å². The highest BCUT2D eigenvalue weighted by atomic mass is 16.7. The molecule has 6 heteroatoms. The van der Waals surface area contributed by atoms with Crippen molar-refractivity contribution in [3.63, 3.8) is 0 Å². The number of hydrogen-bond acceptors (Lipinski definition) is 6. The molecule has 6 nitrogen and oxygen atoms in total. The summed E-state index contributed by atoms with van der Waals surface area (Å²) in [5.74, 6) is -7.26. The van der Waals surface area contributed by atoms with E-state index < -0.39 is 17.4 Å². The van der Waals surface area contributed by atoms with Crippen molar-refractivity contribution in [2.24, 2.45) is 0 Å². The fourth-order valence-electron chi connectivity index (χ4n) is 3.13. The van der Waals surface area contributed by atoms with Gasteiger partial charge in [0.2, 0.25) is 0 Å². The average Bonchev–Trinajstić information content (AvgIpc) is 2.67. The normalized spacial score (nSPS) is 12.8. The first-order valence-electron chi connectivity index (χ1n) is 8.35. The number of hydrogen-bond donors (Lipinski definition) is 6. The highest BCUT2D eigenvalue weighted by Crippen LogP contribution is 2.38. The first-order valence-corrected chi connectivity index (χ1v) is 8.35. The topological polar surface area (TPSA) is 113 Å². The Morgan fingerprint density at radius 1 is 0.481 bits per heavy atom. The Morgan fingerprint density at radius 2 is 0.778 bits per heavy atom. The van der Waals surface area contributed by atoms with Crippen LogP contribution in [-0.2, 0) is 5.54 Å². The van der Waals surface area contributed by atoms with E-state index in [1.54, 1.807) is 72.8 Å². The van der Waals surface area contributed by atoms with Gasteiger partial charge in [-0.25, -0.2) is 5.32 Å².